The largest absolute Gasteiger partial charge is 0.319 e. The van der Waals surface area contributed by atoms with Crippen molar-refractivity contribution >= 4 is 16.4 Å². The molecular formula is C10H11NO3S. The summed E-state index contributed by atoms with van der Waals surface area (Å²) in [4.78, 5) is 9.94. The number of rotatable bonds is 1. The van der Waals surface area contributed by atoms with Crippen molar-refractivity contribution in [3.05, 3.63) is 48.6 Å². The van der Waals surface area contributed by atoms with Crippen LogP contribution in [0.15, 0.2) is 47.3 Å². The zero-order chi connectivity index (χ0) is 11.7. The van der Waals surface area contributed by atoms with E-state index in [0.717, 1.165) is 6.08 Å². The van der Waals surface area contributed by atoms with Gasteiger partial charge in [-0.15, -0.1) is 0 Å². The minimum Gasteiger partial charge on any atom is -0.266 e. The molecule has 0 aliphatic rings. The van der Waals surface area contributed by atoms with Gasteiger partial charge in [0.2, 0.25) is 0 Å². The maximum absolute atomic E-state index is 9.94. The number of hydrogen-bond donors (Lipinski definition) is 0. The van der Waals surface area contributed by atoms with Crippen LogP contribution in [0.1, 0.15) is 5.56 Å². The van der Waals surface area contributed by atoms with Gasteiger partial charge in [-0.1, -0.05) is 46.8 Å². The first kappa shape index (κ1) is 13.2. The van der Waals surface area contributed by atoms with Gasteiger partial charge in [0.25, 0.3) is 5.91 Å². The molecule has 0 heterocycles. The molecule has 1 rings (SSSR count). The highest BCUT2D eigenvalue weighted by Gasteiger charge is 1.85. The number of amides is 1. The van der Waals surface area contributed by atoms with E-state index in [1.807, 2.05) is 18.2 Å². The third-order valence-corrected chi connectivity index (χ3v) is 1.61. The first-order chi connectivity index (χ1) is 7.06. The molecule has 0 saturated heterocycles. The Hall–Kier alpha value is -1.75. The summed E-state index contributed by atoms with van der Waals surface area (Å²) >= 11 is 0. The second kappa shape index (κ2) is 7.64. The summed E-state index contributed by atoms with van der Waals surface area (Å²) in [6.07, 6.45) is 0.815. The minimum atomic E-state index is -2.64. The molecule has 5 heteroatoms. The van der Waals surface area contributed by atoms with Crippen LogP contribution >= 0.6 is 0 Å². The van der Waals surface area contributed by atoms with E-state index in [2.05, 4.69) is 30.0 Å². The number of hydrogen-bond acceptors (Lipinski definition) is 3. The number of benzene rings is 1. The molecule has 0 N–H and O–H groups in total. The lowest BCUT2D eigenvalue weighted by atomic mass is 10.2. The minimum absolute atomic E-state index is 0.815. The van der Waals surface area contributed by atoms with Gasteiger partial charge in [0, 0.05) is 0 Å². The van der Waals surface area contributed by atoms with Gasteiger partial charge in [-0.3, -0.25) is 4.79 Å². The van der Waals surface area contributed by atoms with Gasteiger partial charge < -0.3 is 0 Å². The number of nitrogens with zero attached hydrogens (tertiary/aromatic N) is 1. The SMILES string of the molecule is C=CC(=O)N=S(=O)=O.Cc1ccccc1. The van der Waals surface area contributed by atoms with Crippen LogP contribution in [0.4, 0.5) is 0 Å². The topological polar surface area (TPSA) is 63.6 Å². The summed E-state index contributed by atoms with van der Waals surface area (Å²) in [5.74, 6) is -0.849. The summed E-state index contributed by atoms with van der Waals surface area (Å²) in [6.45, 7) is 5.08. The summed E-state index contributed by atoms with van der Waals surface area (Å²) in [5.41, 5.74) is 1.32. The molecule has 0 unspecified atom stereocenters. The molecule has 0 aliphatic carbocycles. The molecule has 1 amide bonds. The number of aryl methyl sites for hydroxylation is 1. The van der Waals surface area contributed by atoms with E-state index >= 15 is 0 Å². The standard InChI is InChI=1S/C7H8.C3H3NO3S/c1-7-5-3-2-4-6-7;1-2-3(5)4-8(6)7/h2-6H,1H3;2H,1H2. The van der Waals surface area contributed by atoms with Crippen LogP contribution < -0.4 is 0 Å². The molecule has 0 fully saturated rings. The van der Waals surface area contributed by atoms with E-state index in [4.69, 9.17) is 0 Å². The molecule has 0 aliphatic heterocycles. The van der Waals surface area contributed by atoms with E-state index < -0.39 is 16.4 Å². The van der Waals surface area contributed by atoms with Crippen molar-refractivity contribution in [2.45, 2.75) is 6.92 Å². The Balaban J connectivity index is 0.000000262. The van der Waals surface area contributed by atoms with Crippen LogP contribution in [0, 0.1) is 6.92 Å². The van der Waals surface area contributed by atoms with E-state index in [-0.39, 0.29) is 0 Å². The van der Waals surface area contributed by atoms with Crippen molar-refractivity contribution in [1.82, 2.24) is 0 Å². The number of carbonyl (C=O) groups is 1. The second-order valence-electron chi connectivity index (χ2n) is 2.51. The highest BCUT2D eigenvalue weighted by atomic mass is 32.2. The van der Waals surface area contributed by atoms with Crippen LogP contribution in [-0.4, -0.2) is 14.3 Å². The van der Waals surface area contributed by atoms with Gasteiger partial charge in [-0.2, -0.15) is 8.42 Å². The Morgan fingerprint density at radius 3 is 2.07 bits per heavy atom. The van der Waals surface area contributed by atoms with Crippen LogP contribution in [0.3, 0.4) is 0 Å². The molecule has 15 heavy (non-hydrogen) atoms. The van der Waals surface area contributed by atoms with Crippen molar-refractivity contribution in [3.63, 3.8) is 0 Å². The van der Waals surface area contributed by atoms with E-state index in [0.29, 0.717) is 0 Å². The zero-order valence-electron chi connectivity index (χ0n) is 8.25. The van der Waals surface area contributed by atoms with Gasteiger partial charge in [-0.25, -0.2) is 0 Å². The van der Waals surface area contributed by atoms with E-state index in [1.165, 1.54) is 5.56 Å². The monoisotopic (exact) mass is 225 g/mol. The first-order valence-corrected chi connectivity index (χ1v) is 5.08. The van der Waals surface area contributed by atoms with Crippen molar-refractivity contribution < 1.29 is 13.2 Å². The molecule has 0 aromatic heterocycles. The first-order valence-electron chi connectivity index (χ1n) is 4.05. The Bertz CT molecular complexity index is 441. The third-order valence-electron chi connectivity index (χ3n) is 1.28. The Morgan fingerprint density at radius 2 is 1.87 bits per heavy atom. The van der Waals surface area contributed by atoms with Crippen molar-refractivity contribution in [2.75, 3.05) is 0 Å². The fourth-order valence-electron chi connectivity index (χ4n) is 0.645. The van der Waals surface area contributed by atoms with Crippen molar-refractivity contribution in [3.8, 4) is 0 Å². The lowest BCUT2D eigenvalue weighted by molar-refractivity contribution is -0.113. The van der Waals surface area contributed by atoms with Crippen LogP contribution in [-0.2, 0) is 15.3 Å². The van der Waals surface area contributed by atoms with Crippen molar-refractivity contribution in [1.29, 1.82) is 0 Å². The van der Waals surface area contributed by atoms with Crippen LogP contribution in [0.5, 0.6) is 0 Å². The predicted molar refractivity (Wildman–Crippen MR) is 57.7 cm³/mol. The highest BCUT2D eigenvalue weighted by molar-refractivity contribution is 7.62. The predicted octanol–water partition coefficient (Wildman–Crippen LogP) is 1.76. The normalized spacial score (nSPS) is 8.07. The quantitative estimate of drug-likeness (QED) is 0.684. The van der Waals surface area contributed by atoms with E-state index in [1.54, 1.807) is 0 Å². The zero-order valence-corrected chi connectivity index (χ0v) is 9.07. The Kier molecular flexibility index (Phi) is 6.74. The van der Waals surface area contributed by atoms with Gasteiger partial charge in [0.1, 0.15) is 0 Å². The second-order valence-corrected chi connectivity index (χ2v) is 3.12. The molecule has 0 radical (unpaired) electrons. The molecule has 0 saturated carbocycles. The van der Waals surface area contributed by atoms with Crippen LogP contribution in [0.25, 0.3) is 0 Å². The lowest BCUT2D eigenvalue weighted by Crippen LogP contribution is -1.81. The Labute approximate surface area is 90.0 Å². The molecule has 1 aromatic rings. The smallest absolute Gasteiger partial charge is 0.266 e. The lowest BCUT2D eigenvalue weighted by Gasteiger charge is -1.82. The average Bonchev–Trinajstić information content (AvgIpc) is 2.19. The molecule has 80 valence electrons. The van der Waals surface area contributed by atoms with Gasteiger partial charge in [-0.05, 0) is 13.0 Å². The molecule has 4 nitrogen and oxygen atoms in total. The average molecular weight is 225 g/mol. The maximum Gasteiger partial charge on any atom is 0.319 e. The summed E-state index contributed by atoms with van der Waals surface area (Å²) in [5, 5.41) is 0. The number of carbonyl (C=O) groups excluding carboxylic acids is 1. The van der Waals surface area contributed by atoms with E-state index in [9.17, 15) is 13.2 Å². The summed E-state index contributed by atoms with van der Waals surface area (Å²) in [7, 11) is -2.64. The molecular weight excluding hydrogens is 214 g/mol. The van der Waals surface area contributed by atoms with Gasteiger partial charge in [0.15, 0.2) is 0 Å². The summed E-state index contributed by atoms with van der Waals surface area (Å²) in [6, 6.07) is 10.3. The highest BCUT2D eigenvalue weighted by Crippen LogP contribution is 1.92. The third kappa shape index (κ3) is 8.58. The Morgan fingerprint density at radius 1 is 1.33 bits per heavy atom. The fourth-order valence-corrected chi connectivity index (χ4v) is 0.867. The van der Waals surface area contributed by atoms with Crippen LogP contribution in [0.2, 0.25) is 0 Å². The maximum atomic E-state index is 9.94. The van der Waals surface area contributed by atoms with Crippen molar-refractivity contribution in [2.24, 2.45) is 4.36 Å². The van der Waals surface area contributed by atoms with Gasteiger partial charge >= 0.3 is 10.5 Å². The molecule has 0 bridgehead atoms. The molecule has 1 aromatic carbocycles. The van der Waals surface area contributed by atoms with Gasteiger partial charge in [0.05, 0.1) is 0 Å². The summed E-state index contributed by atoms with van der Waals surface area (Å²) < 4.78 is 21.6. The fraction of sp³-hybridized carbons (Fsp3) is 0.100. The molecule has 0 atom stereocenters. The molecule has 0 spiro atoms.